The molecule has 0 bridgehead atoms. The number of fused-ring (bicyclic) bond motifs is 1. The first kappa shape index (κ1) is 32.5. The van der Waals surface area contributed by atoms with Crippen molar-refractivity contribution in [1.82, 2.24) is 0 Å². The maximum absolute atomic E-state index is 13.3. The molecule has 232 valence electrons. The average molecular weight is 617 g/mol. The van der Waals surface area contributed by atoms with E-state index in [1.807, 2.05) is 0 Å². The van der Waals surface area contributed by atoms with Gasteiger partial charge in [0.1, 0.15) is 30.7 Å². The number of esters is 1. The highest BCUT2D eigenvalue weighted by Crippen LogP contribution is 2.53. The highest BCUT2D eigenvalue weighted by molar-refractivity contribution is 6.74. The lowest BCUT2D eigenvalue weighted by Gasteiger charge is -2.40. The van der Waals surface area contributed by atoms with Crippen molar-refractivity contribution in [2.24, 2.45) is 11.8 Å². The Hall–Kier alpha value is -1.41. The second-order valence-electron chi connectivity index (χ2n) is 14.9. The number of carbonyl (C=O) groups excluding carboxylic acids is 1. The summed E-state index contributed by atoms with van der Waals surface area (Å²) in [5, 5.41) is -0.0769. The molecule has 0 radical (unpaired) electrons. The first-order valence-electron chi connectivity index (χ1n) is 14.6. The van der Waals surface area contributed by atoms with Crippen molar-refractivity contribution in [3.63, 3.8) is 0 Å². The summed E-state index contributed by atoms with van der Waals surface area (Å²) < 4.78 is 71.6. The van der Waals surface area contributed by atoms with Crippen molar-refractivity contribution in [1.29, 1.82) is 0 Å². The van der Waals surface area contributed by atoms with E-state index in [0.29, 0.717) is 12.8 Å². The lowest BCUT2D eigenvalue weighted by Crippen LogP contribution is -2.48. The average Bonchev–Trinajstić information content (AvgIpc) is 3.40. The third-order valence-corrected chi connectivity index (χ3v) is 18.9. The summed E-state index contributed by atoms with van der Waals surface area (Å²) in [7, 11) is -4.42. The van der Waals surface area contributed by atoms with E-state index < -0.39 is 34.5 Å². The number of epoxide rings is 1. The molecule has 4 rings (SSSR count). The molecule has 2 heterocycles. The third kappa shape index (κ3) is 7.05. The zero-order valence-electron chi connectivity index (χ0n) is 26.1. The van der Waals surface area contributed by atoms with Crippen LogP contribution in [0.4, 0.5) is 13.2 Å². The number of hydrogen-bond acceptors (Lipinski definition) is 6. The van der Waals surface area contributed by atoms with E-state index in [4.69, 9.17) is 23.1 Å². The fourth-order valence-electron chi connectivity index (χ4n) is 5.47. The lowest BCUT2D eigenvalue weighted by atomic mass is 9.87. The molecular formula is C30H47F3O6Si2. The quantitative estimate of drug-likeness (QED) is 0.162. The Bertz CT molecular complexity index is 1110. The van der Waals surface area contributed by atoms with Crippen LogP contribution in [-0.4, -0.2) is 59.7 Å². The van der Waals surface area contributed by atoms with E-state index in [0.717, 1.165) is 12.1 Å². The summed E-state index contributed by atoms with van der Waals surface area (Å²) in [5.74, 6) is -0.0829. The summed E-state index contributed by atoms with van der Waals surface area (Å²) in [6.07, 6.45) is -4.78. The molecule has 1 aliphatic carbocycles. The predicted octanol–water partition coefficient (Wildman–Crippen LogP) is 7.58. The zero-order valence-corrected chi connectivity index (χ0v) is 28.1. The Labute approximate surface area is 244 Å². The Morgan fingerprint density at radius 1 is 1.00 bits per heavy atom. The van der Waals surface area contributed by atoms with Gasteiger partial charge in [-0.15, -0.1) is 0 Å². The van der Waals surface area contributed by atoms with Crippen LogP contribution >= 0.6 is 0 Å². The Balaban J connectivity index is 1.57. The van der Waals surface area contributed by atoms with Gasteiger partial charge < -0.3 is 23.1 Å². The van der Waals surface area contributed by atoms with Crippen LogP contribution < -0.4 is 4.74 Å². The number of halogens is 3. The Morgan fingerprint density at radius 2 is 1.63 bits per heavy atom. The molecule has 0 aromatic heterocycles. The van der Waals surface area contributed by atoms with Crippen molar-refractivity contribution in [2.75, 3.05) is 6.61 Å². The lowest BCUT2D eigenvalue weighted by molar-refractivity contribution is -0.142. The first-order valence-corrected chi connectivity index (χ1v) is 20.4. The largest absolute Gasteiger partial charge is 0.491 e. The molecule has 11 heteroatoms. The van der Waals surface area contributed by atoms with Gasteiger partial charge in [0.2, 0.25) is 0 Å². The van der Waals surface area contributed by atoms with Crippen LogP contribution in [0.25, 0.3) is 0 Å². The second kappa shape index (κ2) is 10.9. The predicted molar refractivity (Wildman–Crippen MR) is 156 cm³/mol. The van der Waals surface area contributed by atoms with Gasteiger partial charge in [0.15, 0.2) is 16.6 Å². The van der Waals surface area contributed by atoms with Crippen LogP contribution in [-0.2, 0) is 29.3 Å². The van der Waals surface area contributed by atoms with Crippen molar-refractivity contribution in [2.45, 2.75) is 127 Å². The summed E-state index contributed by atoms with van der Waals surface area (Å²) in [5.41, 5.74) is -0.758. The Kier molecular flexibility index (Phi) is 8.68. The van der Waals surface area contributed by atoms with Gasteiger partial charge in [0, 0.05) is 18.3 Å². The molecule has 2 saturated heterocycles. The van der Waals surface area contributed by atoms with Crippen LogP contribution in [0.15, 0.2) is 24.3 Å². The molecule has 2 aliphatic heterocycles. The second-order valence-corrected chi connectivity index (χ2v) is 24.5. The molecule has 0 spiro atoms. The molecule has 1 saturated carbocycles. The molecule has 2 unspecified atom stereocenters. The minimum absolute atomic E-state index is 0.00479. The van der Waals surface area contributed by atoms with Crippen LogP contribution in [0.3, 0.4) is 0 Å². The normalized spacial score (nSPS) is 29.7. The molecule has 1 aromatic carbocycles. The molecule has 0 amide bonds. The van der Waals surface area contributed by atoms with Gasteiger partial charge in [0.05, 0.1) is 24.2 Å². The molecule has 3 fully saturated rings. The molecule has 0 N–H and O–H groups in total. The number of alkyl halides is 3. The van der Waals surface area contributed by atoms with Gasteiger partial charge in [0.25, 0.3) is 0 Å². The van der Waals surface area contributed by atoms with Gasteiger partial charge in [-0.2, -0.15) is 13.2 Å². The van der Waals surface area contributed by atoms with Gasteiger partial charge >= 0.3 is 12.1 Å². The zero-order chi connectivity index (χ0) is 30.8. The monoisotopic (exact) mass is 616 g/mol. The molecule has 1 aromatic rings. The minimum atomic E-state index is -4.46. The van der Waals surface area contributed by atoms with Crippen molar-refractivity contribution < 1.29 is 41.0 Å². The molecular weight excluding hydrogens is 569 g/mol. The van der Waals surface area contributed by atoms with E-state index in [2.05, 4.69) is 67.7 Å². The molecule has 3 aliphatic rings. The summed E-state index contributed by atoms with van der Waals surface area (Å²) in [4.78, 5) is 12.3. The van der Waals surface area contributed by atoms with Crippen LogP contribution in [0.2, 0.25) is 36.3 Å². The summed E-state index contributed by atoms with van der Waals surface area (Å²) in [6, 6.07) is 4.91. The number of ether oxygens (including phenoxy) is 3. The van der Waals surface area contributed by atoms with E-state index >= 15 is 0 Å². The molecule has 41 heavy (non-hydrogen) atoms. The number of carbonyl (C=O) groups is 1. The first-order chi connectivity index (χ1) is 18.6. The van der Waals surface area contributed by atoms with E-state index in [1.54, 1.807) is 0 Å². The molecule has 7 atom stereocenters. The number of benzene rings is 1. The highest BCUT2D eigenvalue weighted by Gasteiger charge is 2.63. The van der Waals surface area contributed by atoms with E-state index in [1.165, 1.54) is 12.1 Å². The Morgan fingerprint density at radius 3 is 2.22 bits per heavy atom. The number of hydrogen-bond donors (Lipinski definition) is 0. The van der Waals surface area contributed by atoms with Crippen molar-refractivity contribution in [3.8, 4) is 5.75 Å². The maximum Gasteiger partial charge on any atom is 0.416 e. The maximum atomic E-state index is 13.3. The van der Waals surface area contributed by atoms with Gasteiger partial charge in [-0.3, -0.25) is 4.79 Å². The topological polar surface area (TPSA) is 66.5 Å². The minimum Gasteiger partial charge on any atom is -0.491 e. The van der Waals surface area contributed by atoms with E-state index in [9.17, 15) is 18.0 Å². The van der Waals surface area contributed by atoms with Crippen molar-refractivity contribution >= 4 is 22.6 Å². The standard InChI is InChI=1S/C30H47F3O6Si2/c1-28(2,3)40(7,8)38-22-16-21-20(15-24(34)36-21)25(22)27-26(37-27)23(39-41(9,10)29(4,5)6)17-35-19-13-11-12-18(14-19)30(31,32)33/h11-14,20-23,25-27H,15-17H2,1-10H3/t20?,21-,22-,23-,25+,26?,27+/m0/s1. The van der Waals surface area contributed by atoms with Crippen molar-refractivity contribution in [3.05, 3.63) is 29.8 Å². The van der Waals surface area contributed by atoms with Gasteiger partial charge in [-0.05, 0) is 54.5 Å². The number of rotatable bonds is 9. The third-order valence-electron chi connectivity index (χ3n) is 9.94. The summed E-state index contributed by atoms with van der Waals surface area (Å²) >= 11 is 0. The van der Waals surface area contributed by atoms with Gasteiger partial charge in [-0.25, -0.2) is 0 Å². The van der Waals surface area contributed by atoms with Gasteiger partial charge in [-0.1, -0.05) is 47.6 Å². The smallest absolute Gasteiger partial charge is 0.416 e. The fraction of sp³-hybridized carbons (Fsp3) is 0.767. The molecule has 6 nitrogen and oxygen atoms in total. The van der Waals surface area contributed by atoms with Crippen LogP contribution in [0, 0.1) is 11.8 Å². The van der Waals surface area contributed by atoms with E-state index in [-0.39, 0.29) is 64.7 Å². The highest BCUT2D eigenvalue weighted by atomic mass is 28.4. The SMILES string of the molecule is CC(C)(C)[Si](C)(C)O[C@@H](COc1cccc(C(F)(F)F)c1)C1O[C@@H]1[C@@H]1C2CC(=O)O[C@H]2C[C@@H]1O[Si](C)(C)C(C)(C)C. The van der Waals surface area contributed by atoms with Crippen LogP contribution in [0.1, 0.15) is 59.9 Å². The van der Waals surface area contributed by atoms with Crippen LogP contribution in [0.5, 0.6) is 5.75 Å². The summed E-state index contributed by atoms with van der Waals surface area (Å²) in [6.45, 7) is 21.8. The fourth-order valence-corrected chi connectivity index (χ4v) is 8.15.